The normalized spacial score (nSPS) is 10.8. The van der Waals surface area contributed by atoms with Crippen molar-refractivity contribution < 1.29 is 9.90 Å². The van der Waals surface area contributed by atoms with E-state index in [0.29, 0.717) is 0 Å². The van der Waals surface area contributed by atoms with Gasteiger partial charge >= 0.3 is 5.97 Å². The molecule has 2 N–H and O–H groups in total. The molecule has 3 aromatic rings. The highest BCUT2D eigenvalue weighted by molar-refractivity contribution is 7.79. The molecule has 3 nitrogen and oxygen atoms in total. The zero-order valence-corrected chi connectivity index (χ0v) is 11.5. The van der Waals surface area contributed by atoms with Crippen LogP contribution in [0.25, 0.3) is 22.0 Å². The van der Waals surface area contributed by atoms with Crippen molar-refractivity contribution in [2.45, 2.75) is 5.75 Å². The van der Waals surface area contributed by atoms with E-state index in [9.17, 15) is 4.79 Å². The first-order valence-corrected chi connectivity index (χ1v) is 6.87. The fourth-order valence-corrected chi connectivity index (χ4v) is 2.44. The Morgan fingerprint density at radius 3 is 2.40 bits per heavy atom. The average Bonchev–Trinajstić information content (AvgIpc) is 2.90. The summed E-state index contributed by atoms with van der Waals surface area (Å²) in [7, 11) is 0. The molecule has 0 spiro atoms. The van der Waals surface area contributed by atoms with Crippen molar-refractivity contribution in [3.63, 3.8) is 0 Å². The minimum atomic E-state index is -0.944. The Bertz CT molecular complexity index is 775. The minimum Gasteiger partial charge on any atom is -0.477 e. The van der Waals surface area contributed by atoms with E-state index in [1.54, 1.807) is 6.07 Å². The topological polar surface area (TPSA) is 53.1 Å². The summed E-state index contributed by atoms with van der Waals surface area (Å²) < 4.78 is 0. The van der Waals surface area contributed by atoms with Gasteiger partial charge in [-0.1, -0.05) is 30.3 Å². The molecular formula is C16H13NO2S. The van der Waals surface area contributed by atoms with E-state index in [4.69, 9.17) is 5.11 Å². The third-order valence-corrected chi connectivity index (χ3v) is 3.69. The molecule has 0 radical (unpaired) electrons. The molecule has 20 heavy (non-hydrogen) atoms. The van der Waals surface area contributed by atoms with Crippen LogP contribution in [-0.4, -0.2) is 16.1 Å². The molecule has 0 amide bonds. The summed E-state index contributed by atoms with van der Waals surface area (Å²) in [4.78, 5) is 13.8. The largest absolute Gasteiger partial charge is 0.477 e. The average molecular weight is 283 g/mol. The Morgan fingerprint density at radius 2 is 1.75 bits per heavy atom. The van der Waals surface area contributed by atoms with Crippen LogP contribution in [0.2, 0.25) is 0 Å². The number of nitrogens with one attached hydrogen (secondary N) is 1. The second-order valence-corrected chi connectivity index (χ2v) is 4.96. The number of aromatic carboxylic acids is 1. The van der Waals surface area contributed by atoms with E-state index in [2.05, 4.69) is 29.7 Å². The summed E-state index contributed by atoms with van der Waals surface area (Å²) in [6.45, 7) is 0. The molecule has 0 fully saturated rings. The number of hydrogen-bond acceptors (Lipinski definition) is 2. The van der Waals surface area contributed by atoms with Gasteiger partial charge < -0.3 is 10.1 Å². The van der Waals surface area contributed by atoms with Crippen LogP contribution in [-0.2, 0) is 5.75 Å². The molecule has 0 aliphatic heterocycles. The molecule has 100 valence electrons. The second-order valence-electron chi connectivity index (χ2n) is 4.65. The van der Waals surface area contributed by atoms with Crippen LogP contribution in [0.5, 0.6) is 0 Å². The number of fused-ring (bicyclic) bond motifs is 1. The van der Waals surface area contributed by atoms with Gasteiger partial charge in [-0.25, -0.2) is 4.79 Å². The van der Waals surface area contributed by atoms with Crippen LogP contribution in [0, 0.1) is 0 Å². The van der Waals surface area contributed by atoms with Gasteiger partial charge in [0.05, 0.1) is 0 Å². The number of carbonyl (C=O) groups is 1. The first-order valence-electron chi connectivity index (χ1n) is 6.23. The molecule has 1 heterocycles. The minimum absolute atomic E-state index is 0.211. The summed E-state index contributed by atoms with van der Waals surface area (Å²) in [6.07, 6.45) is 0. The Kier molecular flexibility index (Phi) is 3.24. The van der Waals surface area contributed by atoms with Crippen LogP contribution in [0.1, 0.15) is 16.1 Å². The van der Waals surface area contributed by atoms with Crippen LogP contribution in [0.3, 0.4) is 0 Å². The predicted molar refractivity (Wildman–Crippen MR) is 83.4 cm³/mol. The van der Waals surface area contributed by atoms with E-state index in [1.165, 1.54) is 5.56 Å². The Morgan fingerprint density at radius 1 is 1.05 bits per heavy atom. The number of aromatic amines is 1. The monoisotopic (exact) mass is 283 g/mol. The lowest BCUT2D eigenvalue weighted by Gasteiger charge is -2.03. The summed E-state index contributed by atoms with van der Waals surface area (Å²) in [5, 5.41) is 9.89. The maximum atomic E-state index is 11.0. The number of hydrogen-bond donors (Lipinski definition) is 3. The number of carboxylic acids is 1. The van der Waals surface area contributed by atoms with E-state index < -0.39 is 5.97 Å². The lowest BCUT2D eigenvalue weighted by atomic mass is 10.0. The van der Waals surface area contributed by atoms with E-state index in [1.807, 2.05) is 30.3 Å². The number of carboxylic acid groups (broad SMARTS) is 1. The molecule has 0 saturated carbocycles. The van der Waals surface area contributed by atoms with E-state index in [-0.39, 0.29) is 5.69 Å². The third-order valence-electron chi connectivity index (χ3n) is 3.32. The molecule has 2 aromatic carbocycles. The van der Waals surface area contributed by atoms with Gasteiger partial charge in [-0.2, -0.15) is 12.6 Å². The van der Waals surface area contributed by atoms with Crippen LogP contribution in [0.15, 0.2) is 48.5 Å². The summed E-state index contributed by atoms with van der Waals surface area (Å²) in [5.41, 5.74) is 4.39. The molecular weight excluding hydrogens is 270 g/mol. The quantitative estimate of drug-likeness (QED) is 0.637. The first-order chi connectivity index (χ1) is 9.67. The number of rotatable bonds is 3. The van der Waals surface area contributed by atoms with E-state index >= 15 is 0 Å². The van der Waals surface area contributed by atoms with Gasteiger partial charge in [0.15, 0.2) is 0 Å². The van der Waals surface area contributed by atoms with Crippen molar-refractivity contribution in [2.24, 2.45) is 0 Å². The zero-order chi connectivity index (χ0) is 14.1. The standard InChI is InChI=1S/C16H13NO2S/c18-16(19)15-8-13-7-12(5-6-14(13)17-15)11-3-1-10(9-20)2-4-11/h1-8,17,20H,9H2,(H,18,19). The lowest BCUT2D eigenvalue weighted by molar-refractivity contribution is 0.0691. The maximum Gasteiger partial charge on any atom is 0.352 e. The van der Waals surface area contributed by atoms with Gasteiger partial charge in [-0.15, -0.1) is 0 Å². The fraction of sp³-hybridized carbons (Fsp3) is 0.0625. The van der Waals surface area contributed by atoms with Gasteiger partial charge in [-0.3, -0.25) is 0 Å². The summed E-state index contributed by atoms with van der Waals surface area (Å²) in [5.74, 6) is -0.222. The van der Waals surface area contributed by atoms with Gasteiger partial charge in [0.25, 0.3) is 0 Å². The van der Waals surface area contributed by atoms with Crippen molar-refractivity contribution in [1.29, 1.82) is 0 Å². The zero-order valence-electron chi connectivity index (χ0n) is 10.6. The number of H-pyrrole nitrogens is 1. The van der Waals surface area contributed by atoms with Crippen molar-refractivity contribution in [2.75, 3.05) is 0 Å². The molecule has 4 heteroatoms. The summed E-state index contributed by atoms with van der Waals surface area (Å²) in [6, 6.07) is 15.7. The van der Waals surface area contributed by atoms with Gasteiger partial charge in [0.1, 0.15) is 5.69 Å². The highest BCUT2D eigenvalue weighted by atomic mass is 32.1. The maximum absolute atomic E-state index is 11.0. The Labute approximate surface area is 121 Å². The number of benzene rings is 2. The smallest absolute Gasteiger partial charge is 0.352 e. The van der Waals surface area contributed by atoms with Gasteiger partial charge in [0, 0.05) is 16.7 Å². The van der Waals surface area contributed by atoms with Crippen molar-refractivity contribution in [3.8, 4) is 11.1 Å². The first kappa shape index (κ1) is 12.8. The van der Waals surface area contributed by atoms with Crippen molar-refractivity contribution in [3.05, 3.63) is 59.8 Å². The third kappa shape index (κ3) is 2.30. The molecule has 0 bridgehead atoms. The van der Waals surface area contributed by atoms with Gasteiger partial charge in [-0.05, 0) is 34.9 Å². The molecule has 0 saturated heterocycles. The lowest BCUT2D eigenvalue weighted by Crippen LogP contribution is -1.94. The fourth-order valence-electron chi connectivity index (χ4n) is 2.23. The molecule has 0 aliphatic rings. The predicted octanol–water partition coefficient (Wildman–Crippen LogP) is 3.96. The van der Waals surface area contributed by atoms with E-state index in [0.717, 1.165) is 27.8 Å². The molecule has 3 rings (SSSR count). The number of aromatic nitrogens is 1. The van der Waals surface area contributed by atoms with Crippen molar-refractivity contribution >= 4 is 29.5 Å². The second kappa shape index (κ2) is 5.06. The van der Waals surface area contributed by atoms with Gasteiger partial charge in [0.2, 0.25) is 0 Å². The van der Waals surface area contributed by atoms with Crippen LogP contribution >= 0.6 is 12.6 Å². The molecule has 0 aliphatic carbocycles. The van der Waals surface area contributed by atoms with Crippen molar-refractivity contribution in [1.82, 2.24) is 4.98 Å². The van der Waals surface area contributed by atoms with Crippen LogP contribution < -0.4 is 0 Å². The highest BCUT2D eigenvalue weighted by Crippen LogP contribution is 2.25. The SMILES string of the molecule is O=C(O)c1cc2cc(-c3ccc(CS)cc3)ccc2[nH]1. The Hall–Kier alpha value is -2.20. The molecule has 0 atom stereocenters. The molecule has 1 aromatic heterocycles. The molecule has 0 unspecified atom stereocenters. The number of thiol groups is 1. The Balaban J connectivity index is 2.04. The highest BCUT2D eigenvalue weighted by Gasteiger charge is 2.08. The summed E-state index contributed by atoms with van der Waals surface area (Å²) >= 11 is 4.24. The van der Waals surface area contributed by atoms with Crippen LogP contribution in [0.4, 0.5) is 0 Å².